The lowest BCUT2D eigenvalue weighted by molar-refractivity contribution is -0.167. The van der Waals surface area contributed by atoms with E-state index < -0.39 is 24.9 Å². The second-order valence-corrected chi connectivity index (χ2v) is 3.33. The Kier molecular flexibility index (Phi) is 7.70. The lowest BCUT2D eigenvalue weighted by atomic mass is 10.1. The highest BCUT2D eigenvalue weighted by Crippen LogP contribution is 2.23. The van der Waals surface area contributed by atoms with Crippen molar-refractivity contribution in [2.45, 2.75) is 45.2 Å². The second-order valence-electron chi connectivity index (χ2n) is 3.33. The van der Waals surface area contributed by atoms with Gasteiger partial charge in [0.1, 0.15) is 0 Å². The Hall–Kier alpha value is -0.330. The predicted octanol–water partition coefficient (Wildman–Crippen LogP) is 2.32. The van der Waals surface area contributed by atoms with Gasteiger partial charge in [0.15, 0.2) is 6.29 Å². The van der Waals surface area contributed by atoms with Crippen LogP contribution in [0.3, 0.4) is 0 Å². The minimum absolute atomic E-state index is 0.0509. The van der Waals surface area contributed by atoms with E-state index in [0.717, 1.165) is 0 Å². The van der Waals surface area contributed by atoms with Crippen LogP contribution in [0.25, 0.3) is 0 Å². The van der Waals surface area contributed by atoms with Crippen molar-refractivity contribution in [3.63, 3.8) is 0 Å². The molecule has 0 aliphatic rings. The van der Waals surface area contributed by atoms with Crippen molar-refractivity contribution in [1.29, 1.82) is 0 Å². The van der Waals surface area contributed by atoms with E-state index >= 15 is 0 Å². The molecule has 16 heavy (non-hydrogen) atoms. The molecule has 1 unspecified atom stereocenters. The van der Waals surface area contributed by atoms with Crippen LogP contribution in [0.1, 0.15) is 26.7 Å². The number of likely N-dealkylation sites (N-methyl/N-ethyl adjacent to an activating group) is 1. The Morgan fingerprint density at radius 1 is 1.12 bits per heavy atom. The molecular weight excluding hydrogens is 223 g/mol. The molecule has 0 bridgehead atoms. The van der Waals surface area contributed by atoms with E-state index in [-0.39, 0.29) is 6.42 Å². The Morgan fingerprint density at radius 2 is 1.62 bits per heavy atom. The Bertz CT molecular complexity index is 170. The fraction of sp³-hybridized carbons (Fsp3) is 1.00. The number of hydrogen-bond donors (Lipinski definition) is 1. The van der Waals surface area contributed by atoms with E-state index in [4.69, 9.17) is 9.47 Å². The van der Waals surface area contributed by atoms with Gasteiger partial charge in [-0.15, -0.1) is 0 Å². The topological polar surface area (TPSA) is 30.5 Å². The van der Waals surface area contributed by atoms with Gasteiger partial charge in [-0.3, -0.25) is 0 Å². The number of rotatable bonds is 8. The Balaban J connectivity index is 4.19. The highest BCUT2D eigenvalue weighted by molar-refractivity contribution is 4.71. The van der Waals surface area contributed by atoms with Gasteiger partial charge in [-0.25, -0.2) is 0 Å². The van der Waals surface area contributed by atoms with Gasteiger partial charge < -0.3 is 14.8 Å². The summed E-state index contributed by atoms with van der Waals surface area (Å²) in [5.74, 6) is 0. The third kappa shape index (κ3) is 7.03. The summed E-state index contributed by atoms with van der Waals surface area (Å²) in [6.45, 7) is 4.38. The van der Waals surface area contributed by atoms with Gasteiger partial charge in [0, 0.05) is 19.6 Å². The third-order valence-electron chi connectivity index (χ3n) is 2.10. The summed E-state index contributed by atoms with van der Waals surface area (Å²) < 4.78 is 46.7. The number of halogens is 3. The van der Waals surface area contributed by atoms with E-state index in [1.54, 1.807) is 20.9 Å². The summed E-state index contributed by atoms with van der Waals surface area (Å²) in [6.07, 6.45) is -5.65. The average Bonchev–Trinajstić information content (AvgIpc) is 2.17. The standard InChI is InChI=1S/C10H20F3NO2/c1-4-15-9(16-5-2)8(14-3)6-7-10(11,12)13/h8-9,14H,4-7H2,1-3H3. The van der Waals surface area contributed by atoms with E-state index in [9.17, 15) is 13.2 Å². The van der Waals surface area contributed by atoms with Crippen molar-refractivity contribution in [3.05, 3.63) is 0 Å². The maximum absolute atomic E-state index is 12.1. The quantitative estimate of drug-likeness (QED) is 0.664. The van der Waals surface area contributed by atoms with Crippen LogP contribution >= 0.6 is 0 Å². The number of hydrogen-bond acceptors (Lipinski definition) is 3. The second kappa shape index (κ2) is 7.86. The molecule has 0 aliphatic heterocycles. The van der Waals surface area contributed by atoms with E-state index in [1.165, 1.54) is 0 Å². The largest absolute Gasteiger partial charge is 0.389 e. The summed E-state index contributed by atoms with van der Waals surface area (Å²) in [5, 5.41) is 2.79. The molecule has 1 N–H and O–H groups in total. The molecule has 98 valence electrons. The lowest BCUT2D eigenvalue weighted by Gasteiger charge is -2.26. The number of ether oxygens (including phenoxy) is 2. The molecule has 0 aromatic heterocycles. The van der Waals surface area contributed by atoms with Crippen LogP contribution in [0.2, 0.25) is 0 Å². The van der Waals surface area contributed by atoms with Crippen LogP contribution in [0.15, 0.2) is 0 Å². The molecule has 0 radical (unpaired) electrons. The van der Waals surface area contributed by atoms with Crippen molar-refractivity contribution < 1.29 is 22.6 Å². The molecule has 1 atom stereocenters. The first kappa shape index (κ1) is 15.7. The maximum Gasteiger partial charge on any atom is 0.389 e. The molecule has 0 saturated carbocycles. The predicted molar refractivity (Wildman–Crippen MR) is 55.2 cm³/mol. The zero-order chi connectivity index (χ0) is 12.6. The van der Waals surface area contributed by atoms with Gasteiger partial charge in [0.25, 0.3) is 0 Å². The fourth-order valence-electron chi connectivity index (χ4n) is 1.34. The van der Waals surface area contributed by atoms with Crippen LogP contribution in [0.4, 0.5) is 13.2 Å². The molecule has 0 rings (SSSR count). The first-order valence-corrected chi connectivity index (χ1v) is 5.41. The Morgan fingerprint density at radius 3 is 1.94 bits per heavy atom. The molecule has 6 heteroatoms. The molecule has 0 amide bonds. The molecule has 0 heterocycles. The van der Waals surface area contributed by atoms with E-state index in [2.05, 4.69) is 5.32 Å². The van der Waals surface area contributed by atoms with Crippen LogP contribution in [0.5, 0.6) is 0 Å². The highest BCUT2D eigenvalue weighted by atomic mass is 19.4. The summed E-state index contributed by atoms with van der Waals surface area (Å²) in [4.78, 5) is 0. The molecule has 0 aliphatic carbocycles. The summed E-state index contributed by atoms with van der Waals surface area (Å²) in [5.41, 5.74) is 0. The first-order valence-electron chi connectivity index (χ1n) is 5.41. The molecule has 0 spiro atoms. The lowest BCUT2D eigenvalue weighted by Crippen LogP contribution is -2.42. The minimum atomic E-state index is -4.14. The smallest absolute Gasteiger partial charge is 0.351 e. The molecular formula is C10H20F3NO2. The van der Waals surface area contributed by atoms with Crippen LogP contribution in [0, 0.1) is 0 Å². The summed E-state index contributed by atoms with van der Waals surface area (Å²) in [6, 6.07) is -0.443. The van der Waals surface area contributed by atoms with Crippen molar-refractivity contribution in [3.8, 4) is 0 Å². The zero-order valence-corrected chi connectivity index (χ0v) is 9.93. The molecule has 0 aromatic rings. The van der Waals surface area contributed by atoms with Crippen molar-refractivity contribution in [2.75, 3.05) is 20.3 Å². The fourth-order valence-corrected chi connectivity index (χ4v) is 1.34. The molecule has 0 aromatic carbocycles. The van der Waals surface area contributed by atoms with Crippen LogP contribution in [-0.4, -0.2) is 38.8 Å². The van der Waals surface area contributed by atoms with Gasteiger partial charge in [-0.2, -0.15) is 13.2 Å². The van der Waals surface area contributed by atoms with Crippen molar-refractivity contribution in [1.82, 2.24) is 5.32 Å². The molecule has 3 nitrogen and oxygen atoms in total. The van der Waals surface area contributed by atoms with E-state index in [0.29, 0.717) is 13.2 Å². The SMILES string of the molecule is CCOC(OCC)C(CCC(F)(F)F)NC. The van der Waals surface area contributed by atoms with Gasteiger partial charge in [0.2, 0.25) is 0 Å². The number of nitrogens with one attached hydrogen (secondary N) is 1. The molecule has 0 fully saturated rings. The van der Waals surface area contributed by atoms with E-state index in [1.807, 2.05) is 0 Å². The third-order valence-corrected chi connectivity index (χ3v) is 2.10. The van der Waals surface area contributed by atoms with Crippen molar-refractivity contribution >= 4 is 0 Å². The zero-order valence-electron chi connectivity index (χ0n) is 9.93. The normalized spacial score (nSPS) is 14.4. The molecule has 0 saturated heterocycles. The first-order chi connectivity index (χ1) is 7.44. The van der Waals surface area contributed by atoms with Gasteiger partial charge in [-0.1, -0.05) is 0 Å². The highest BCUT2D eigenvalue weighted by Gasteiger charge is 2.30. The van der Waals surface area contributed by atoms with Gasteiger partial charge in [0.05, 0.1) is 6.04 Å². The van der Waals surface area contributed by atoms with Gasteiger partial charge in [-0.05, 0) is 27.3 Å². The monoisotopic (exact) mass is 243 g/mol. The van der Waals surface area contributed by atoms with Crippen LogP contribution in [-0.2, 0) is 9.47 Å². The van der Waals surface area contributed by atoms with Crippen molar-refractivity contribution in [2.24, 2.45) is 0 Å². The average molecular weight is 243 g/mol. The van der Waals surface area contributed by atoms with Gasteiger partial charge >= 0.3 is 6.18 Å². The number of alkyl halides is 3. The summed E-state index contributed by atoms with van der Waals surface area (Å²) in [7, 11) is 1.60. The van der Waals surface area contributed by atoms with Crippen LogP contribution < -0.4 is 5.32 Å². The Labute approximate surface area is 94.3 Å². The maximum atomic E-state index is 12.1. The minimum Gasteiger partial charge on any atom is -0.351 e. The summed E-state index contributed by atoms with van der Waals surface area (Å²) >= 11 is 0.